The first-order chi connectivity index (χ1) is 13.2. The summed E-state index contributed by atoms with van der Waals surface area (Å²) in [6, 6.07) is 26.6. The number of methoxy groups -OCH3 is 1. The Balaban J connectivity index is 1.85. The summed E-state index contributed by atoms with van der Waals surface area (Å²) in [6.07, 6.45) is 1.62. The molecule has 0 aliphatic carbocycles. The lowest BCUT2D eigenvalue weighted by Crippen LogP contribution is -2.10. The molecule has 4 heteroatoms. The first kappa shape index (κ1) is 18.3. The number of rotatable bonds is 6. The normalized spacial score (nSPS) is 11.8. The summed E-state index contributed by atoms with van der Waals surface area (Å²) in [5.41, 5.74) is 1.56. The van der Waals surface area contributed by atoms with Crippen LogP contribution in [0.2, 0.25) is 0 Å². The highest BCUT2D eigenvalue weighted by Crippen LogP contribution is 2.21. The standard InChI is InChI=1S/C23H21NO3/c1-18(17-26-22-15-9-14-21(16-22)25-2)23(24-19-10-5-3-6-11-19)27-20-12-7-4-8-13-20/h3-17H,1-2H3. The average Bonchev–Trinajstić information content (AvgIpc) is 2.73. The van der Waals surface area contributed by atoms with Crippen molar-refractivity contribution < 1.29 is 14.2 Å². The van der Waals surface area contributed by atoms with Gasteiger partial charge in [-0.2, -0.15) is 0 Å². The number of hydrogen-bond acceptors (Lipinski definition) is 4. The van der Waals surface area contributed by atoms with Gasteiger partial charge in [0.2, 0.25) is 5.90 Å². The minimum absolute atomic E-state index is 0.468. The van der Waals surface area contributed by atoms with Gasteiger partial charge in [0.1, 0.15) is 17.2 Å². The monoisotopic (exact) mass is 359 g/mol. The molecule has 4 nitrogen and oxygen atoms in total. The van der Waals surface area contributed by atoms with E-state index < -0.39 is 0 Å². The first-order valence-corrected chi connectivity index (χ1v) is 8.59. The van der Waals surface area contributed by atoms with Crippen LogP contribution in [0.4, 0.5) is 5.69 Å². The van der Waals surface area contributed by atoms with Crippen LogP contribution in [0.15, 0.2) is 102 Å². The van der Waals surface area contributed by atoms with Gasteiger partial charge in [-0.3, -0.25) is 0 Å². The number of ether oxygens (including phenoxy) is 3. The van der Waals surface area contributed by atoms with Crippen molar-refractivity contribution in [2.24, 2.45) is 4.99 Å². The van der Waals surface area contributed by atoms with E-state index in [0.29, 0.717) is 17.4 Å². The van der Waals surface area contributed by atoms with Crippen LogP contribution in [-0.2, 0) is 0 Å². The minimum atomic E-state index is 0.468. The van der Waals surface area contributed by atoms with E-state index in [1.54, 1.807) is 13.4 Å². The van der Waals surface area contributed by atoms with E-state index in [4.69, 9.17) is 14.2 Å². The molecule has 0 aromatic heterocycles. The summed E-state index contributed by atoms with van der Waals surface area (Å²) in [5.74, 6) is 2.58. The summed E-state index contributed by atoms with van der Waals surface area (Å²) >= 11 is 0. The SMILES string of the molecule is COc1cccc(OC=C(C)C(=Nc2ccccc2)Oc2ccccc2)c1. The molecule has 0 amide bonds. The third kappa shape index (κ3) is 5.47. The molecule has 0 saturated heterocycles. The lowest BCUT2D eigenvalue weighted by atomic mass is 10.3. The van der Waals surface area contributed by atoms with E-state index >= 15 is 0 Å². The van der Waals surface area contributed by atoms with E-state index in [-0.39, 0.29) is 0 Å². The highest BCUT2D eigenvalue weighted by Gasteiger charge is 2.08. The topological polar surface area (TPSA) is 40.0 Å². The van der Waals surface area contributed by atoms with Gasteiger partial charge >= 0.3 is 0 Å². The molecule has 27 heavy (non-hydrogen) atoms. The van der Waals surface area contributed by atoms with Crippen LogP contribution in [0.1, 0.15) is 6.92 Å². The maximum atomic E-state index is 5.99. The van der Waals surface area contributed by atoms with Gasteiger partial charge in [-0.15, -0.1) is 0 Å². The van der Waals surface area contributed by atoms with Crippen molar-refractivity contribution in [2.45, 2.75) is 6.92 Å². The third-order valence-corrected chi connectivity index (χ3v) is 3.69. The van der Waals surface area contributed by atoms with Crippen LogP contribution in [0, 0.1) is 0 Å². The van der Waals surface area contributed by atoms with Crippen molar-refractivity contribution in [2.75, 3.05) is 7.11 Å². The van der Waals surface area contributed by atoms with E-state index in [2.05, 4.69) is 4.99 Å². The number of benzene rings is 3. The predicted octanol–water partition coefficient (Wildman–Crippen LogP) is 5.79. The number of hydrogen-bond donors (Lipinski definition) is 0. The summed E-state index contributed by atoms with van der Waals surface area (Å²) in [7, 11) is 1.62. The number of aliphatic imine (C=N–C) groups is 1. The van der Waals surface area contributed by atoms with Crippen LogP contribution in [0.25, 0.3) is 0 Å². The number of para-hydroxylation sites is 2. The minimum Gasteiger partial charge on any atom is -0.497 e. The maximum Gasteiger partial charge on any atom is 0.225 e. The summed E-state index contributed by atoms with van der Waals surface area (Å²) in [6.45, 7) is 1.89. The lowest BCUT2D eigenvalue weighted by Gasteiger charge is -2.10. The first-order valence-electron chi connectivity index (χ1n) is 8.59. The fourth-order valence-corrected chi connectivity index (χ4v) is 2.29. The van der Waals surface area contributed by atoms with Gasteiger partial charge in [0, 0.05) is 11.6 Å². The van der Waals surface area contributed by atoms with Crippen LogP contribution < -0.4 is 14.2 Å². The van der Waals surface area contributed by atoms with Crippen molar-refractivity contribution in [1.82, 2.24) is 0 Å². The van der Waals surface area contributed by atoms with E-state index in [1.165, 1.54) is 0 Å². The van der Waals surface area contributed by atoms with E-state index in [9.17, 15) is 0 Å². The van der Waals surface area contributed by atoms with Crippen LogP contribution in [0.3, 0.4) is 0 Å². The van der Waals surface area contributed by atoms with Crippen molar-refractivity contribution in [3.05, 3.63) is 96.8 Å². The molecule has 0 aliphatic rings. The molecule has 0 bridgehead atoms. The molecule has 0 fully saturated rings. The molecule has 0 aliphatic heterocycles. The number of nitrogens with zero attached hydrogens (tertiary/aromatic N) is 1. The molecule has 0 unspecified atom stereocenters. The molecule has 0 N–H and O–H groups in total. The molecule has 0 atom stereocenters. The molecule has 3 rings (SSSR count). The fourth-order valence-electron chi connectivity index (χ4n) is 2.29. The molecule has 0 saturated carbocycles. The Morgan fingerprint density at radius 1 is 0.778 bits per heavy atom. The van der Waals surface area contributed by atoms with Crippen LogP contribution >= 0.6 is 0 Å². The van der Waals surface area contributed by atoms with Gasteiger partial charge in [0.05, 0.1) is 19.1 Å². The second-order valence-corrected chi connectivity index (χ2v) is 5.77. The maximum absolute atomic E-state index is 5.99. The Bertz CT molecular complexity index is 919. The zero-order valence-electron chi connectivity index (χ0n) is 15.3. The van der Waals surface area contributed by atoms with Crippen LogP contribution in [-0.4, -0.2) is 13.0 Å². The Morgan fingerprint density at radius 2 is 1.41 bits per heavy atom. The lowest BCUT2D eigenvalue weighted by molar-refractivity contribution is 0.408. The van der Waals surface area contributed by atoms with Crippen molar-refractivity contribution >= 4 is 11.6 Å². The highest BCUT2D eigenvalue weighted by atomic mass is 16.5. The van der Waals surface area contributed by atoms with Gasteiger partial charge in [-0.05, 0) is 43.3 Å². The largest absolute Gasteiger partial charge is 0.497 e. The van der Waals surface area contributed by atoms with Gasteiger partial charge in [-0.1, -0.05) is 42.5 Å². The van der Waals surface area contributed by atoms with Crippen molar-refractivity contribution in [3.8, 4) is 17.2 Å². The van der Waals surface area contributed by atoms with Gasteiger partial charge in [-0.25, -0.2) is 4.99 Å². The van der Waals surface area contributed by atoms with Gasteiger partial charge < -0.3 is 14.2 Å². The Hall–Kier alpha value is -3.53. The van der Waals surface area contributed by atoms with E-state index in [0.717, 1.165) is 17.0 Å². The third-order valence-electron chi connectivity index (χ3n) is 3.69. The quantitative estimate of drug-likeness (QED) is 0.318. The molecular weight excluding hydrogens is 338 g/mol. The second-order valence-electron chi connectivity index (χ2n) is 5.77. The Morgan fingerprint density at radius 3 is 2.11 bits per heavy atom. The Kier molecular flexibility index (Phi) is 6.26. The second kappa shape index (κ2) is 9.25. The summed E-state index contributed by atoms with van der Waals surface area (Å²) in [5, 5.41) is 0. The molecule has 3 aromatic carbocycles. The molecule has 136 valence electrons. The summed E-state index contributed by atoms with van der Waals surface area (Å²) in [4.78, 5) is 4.62. The predicted molar refractivity (Wildman–Crippen MR) is 108 cm³/mol. The fraction of sp³-hybridized carbons (Fsp3) is 0.0870. The highest BCUT2D eigenvalue weighted by molar-refractivity contribution is 5.96. The van der Waals surface area contributed by atoms with E-state index in [1.807, 2.05) is 91.9 Å². The Labute approximate surface area is 159 Å². The van der Waals surface area contributed by atoms with Gasteiger partial charge in [0.15, 0.2) is 0 Å². The zero-order chi connectivity index (χ0) is 18.9. The van der Waals surface area contributed by atoms with Gasteiger partial charge in [0.25, 0.3) is 0 Å². The molecule has 0 radical (unpaired) electrons. The molecule has 0 spiro atoms. The van der Waals surface area contributed by atoms with Crippen LogP contribution in [0.5, 0.6) is 17.2 Å². The average molecular weight is 359 g/mol. The molecule has 0 heterocycles. The van der Waals surface area contributed by atoms with Crippen molar-refractivity contribution in [1.29, 1.82) is 0 Å². The summed E-state index contributed by atoms with van der Waals surface area (Å²) < 4.78 is 17.0. The smallest absolute Gasteiger partial charge is 0.225 e. The molecular formula is C23H21NO3. The molecule has 3 aromatic rings. The zero-order valence-corrected chi connectivity index (χ0v) is 15.3. The van der Waals surface area contributed by atoms with Crippen molar-refractivity contribution in [3.63, 3.8) is 0 Å².